The second kappa shape index (κ2) is 8.06. The van der Waals surface area contributed by atoms with Gasteiger partial charge in [-0.1, -0.05) is 0 Å². The lowest BCUT2D eigenvalue weighted by Crippen LogP contribution is -2.50. The summed E-state index contributed by atoms with van der Waals surface area (Å²) in [5.41, 5.74) is -2.56. The van der Waals surface area contributed by atoms with Crippen molar-refractivity contribution in [2.75, 3.05) is 26.2 Å². The number of aromatic nitrogens is 2. The van der Waals surface area contributed by atoms with Crippen molar-refractivity contribution in [3.8, 4) is 0 Å². The molecule has 1 aliphatic rings. The Morgan fingerprint density at radius 1 is 0.906 bits per heavy atom. The lowest BCUT2D eigenvalue weighted by molar-refractivity contribution is -0.143. The van der Waals surface area contributed by atoms with Crippen molar-refractivity contribution in [3.63, 3.8) is 0 Å². The van der Waals surface area contributed by atoms with Gasteiger partial charge in [-0.25, -0.2) is 8.42 Å². The Kier molecular flexibility index (Phi) is 6.06. The number of hydrogen-bond donors (Lipinski definition) is 0. The van der Waals surface area contributed by atoms with Gasteiger partial charge in [-0.3, -0.25) is 9.48 Å². The normalized spacial score (nSPS) is 16.4. The van der Waals surface area contributed by atoms with Crippen LogP contribution in [0.2, 0.25) is 0 Å². The number of carbonyl (C=O) groups excluding carboxylic acids is 1. The Balaban J connectivity index is 1.85. The summed E-state index contributed by atoms with van der Waals surface area (Å²) >= 11 is 0. The summed E-state index contributed by atoms with van der Waals surface area (Å²) in [7, 11) is -3.11. The first-order chi connectivity index (χ1) is 14.6. The molecule has 1 saturated heterocycles. The number of carbonyl (C=O) groups is 1. The van der Waals surface area contributed by atoms with Gasteiger partial charge in [-0.05, 0) is 31.2 Å². The standard InChI is InChI=1S/C18H18F6N4O3S/c1-11-7-15(26(2)25-11)16(29)27-3-5-28(6-4-27)32(30,31)14-9-12(17(19,20)21)8-13(10-14)18(22,23)24/h7-10H,3-6H2,1-2H3. The molecular formula is C18H18F6N4O3S. The summed E-state index contributed by atoms with van der Waals surface area (Å²) in [6, 6.07) is 1.78. The third kappa shape index (κ3) is 4.75. The molecule has 0 radical (unpaired) electrons. The molecule has 0 saturated carbocycles. The molecule has 0 unspecified atom stereocenters. The van der Waals surface area contributed by atoms with E-state index in [9.17, 15) is 39.6 Å². The van der Waals surface area contributed by atoms with E-state index in [1.165, 1.54) is 9.58 Å². The number of sulfonamides is 1. The summed E-state index contributed by atoms with van der Waals surface area (Å²) in [6.07, 6.45) is -10.3. The van der Waals surface area contributed by atoms with E-state index in [0.717, 1.165) is 4.31 Å². The SMILES string of the molecule is Cc1cc(C(=O)N2CCN(S(=O)(=O)c3cc(C(F)(F)F)cc(C(F)(F)F)c3)CC2)n(C)n1. The van der Waals surface area contributed by atoms with E-state index < -0.39 is 44.3 Å². The molecule has 1 amide bonds. The van der Waals surface area contributed by atoms with Crippen LogP contribution in [0.1, 0.15) is 27.3 Å². The highest BCUT2D eigenvalue weighted by Gasteiger charge is 2.40. The van der Waals surface area contributed by atoms with Crippen LogP contribution in [0, 0.1) is 6.92 Å². The van der Waals surface area contributed by atoms with Gasteiger partial charge in [-0.15, -0.1) is 0 Å². The average Bonchev–Trinajstić information content (AvgIpc) is 3.03. The van der Waals surface area contributed by atoms with Crippen molar-refractivity contribution in [3.05, 3.63) is 46.8 Å². The molecule has 32 heavy (non-hydrogen) atoms. The smallest absolute Gasteiger partial charge is 0.335 e. The van der Waals surface area contributed by atoms with E-state index in [1.54, 1.807) is 20.0 Å². The molecule has 14 heteroatoms. The number of hydrogen-bond acceptors (Lipinski definition) is 4. The number of benzene rings is 1. The quantitative estimate of drug-likeness (QED) is 0.628. The number of nitrogens with zero attached hydrogens (tertiary/aromatic N) is 4. The number of piperazine rings is 1. The van der Waals surface area contributed by atoms with Crippen molar-refractivity contribution in [1.82, 2.24) is 19.0 Å². The Labute approximate surface area is 179 Å². The van der Waals surface area contributed by atoms with Crippen LogP contribution in [0.5, 0.6) is 0 Å². The van der Waals surface area contributed by atoms with Crippen LogP contribution < -0.4 is 0 Å². The lowest BCUT2D eigenvalue weighted by atomic mass is 10.1. The summed E-state index contributed by atoms with van der Waals surface area (Å²) < 4.78 is 106. The Morgan fingerprint density at radius 3 is 1.81 bits per heavy atom. The zero-order valence-corrected chi connectivity index (χ0v) is 17.6. The predicted molar refractivity (Wildman–Crippen MR) is 99.1 cm³/mol. The van der Waals surface area contributed by atoms with Gasteiger partial charge in [0.05, 0.1) is 21.7 Å². The van der Waals surface area contributed by atoms with Crippen molar-refractivity contribution in [2.45, 2.75) is 24.2 Å². The van der Waals surface area contributed by atoms with Gasteiger partial charge in [0, 0.05) is 33.2 Å². The minimum atomic E-state index is -5.17. The van der Waals surface area contributed by atoms with Gasteiger partial charge in [0.15, 0.2) is 0 Å². The third-order valence-electron chi connectivity index (χ3n) is 4.95. The number of alkyl halides is 6. The molecule has 7 nitrogen and oxygen atoms in total. The van der Waals surface area contributed by atoms with Crippen LogP contribution in [0.3, 0.4) is 0 Å². The molecule has 0 atom stereocenters. The summed E-state index contributed by atoms with van der Waals surface area (Å²) in [5, 5.41) is 4.06. The molecular weight excluding hydrogens is 466 g/mol. The third-order valence-corrected chi connectivity index (χ3v) is 6.82. The molecule has 176 valence electrons. The number of aryl methyl sites for hydroxylation is 2. The molecule has 1 aromatic carbocycles. The largest absolute Gasteiger partial charge is 0.416 e. The maximum absolute atomic E-state index is 13.1. The van der Waals surface area contributed by atoms with Crippen LogP contribution in [0.25, 0.3) is 0 Å². The second-order valence-electron chi connectivity index (χ2n) is 7.23. The molecule has 1 fully saturated rings. The van der Waals surface area contributed by atoms with Gasteiger partial charge in [0.25, 0.3) is 5.91 Å². The van der Waals surface area contributed by atoms with Crippen LogP contribution >= 0.6 is 0 Å². The summed E-state index contributed by atoms with van der Waals surface area (Å²) in [4.78, 5) is 12.9. The maximum atomic E-state index is 13.1. The first-order valence-electron chi connectivity index (χ1n) is 9.20. The Bertz CT molecular complexity index is 1100. The number of rotatable bonds is 3. The van der Waals surface area contributed by atoms with Crippen LogP contribution in [-0.2, 0) is 29.4 Å². The number of amides is 1. The van der Waals surface area contributed by atoms with Crippen LogP contribution in [-0.4, -0.2) is 59.5 Å². The summed E-state index contributed by atoms with van der Waals surface area (Å²) in [5.74, 6) is -0.413. The molecule has 3 rings (SSSR count). The Morgan fingerprint density at radius 2 is 1.41 bits per heavy atom. The number of halogens is 6. The van der Waals surface area contributed by atoms with Gasteiger partial charge >= 0.3 is 12.4 Å². The van der Waals surface area contributed by atoms with Crippen molar-refractivity contribution >= 4 is 15.9 Å². The van der Waals surface area contributed by atoms with E-state index in [0.29, 0.717) is 5.69 Å². The molecule has 1 aliphatic heterocycles. The Hall–Kier alpha value is -2.61. The minimum absolute atomic E-state index is 0.0899. The van der Waals surface area contributed by atoms with Gasteiger partial charge in [-0.2, -0.15) is 35.7 Å². The molecule has 2 heterocycles. The average molecular weight is 484 g/mol. The minimum Gasteiger partial charge on any atom is -0.335 e. The first kappa shape index (κ1) is 24.0. The topological polar surface area (TPSA) is 75.5 Å². The van der Waals surface area contributed by atoms with Crippen molar-refractivity contribution in [1.29, 1.82) is 0 Å². The van der Waals surface area contributed by atoms with Crippen molar-refractivity contribution < 1.29 is 39.6 Å². The maximum Gasteiger partial charge on any atom is 0.416 e. The molecule has 0 N–H and O–H groups in total. The fourth-order valence-corrected chi connectivity index (χ4v) is 4.82. The predicted octanol–water partition coefficient (Wildman–Crippen LogP) is 2.91. The van der Waals surface area contributed by atoms with E-state index in [2.05, 4.69) is 5.10 Å². The van der Waals surface area contributed by atoms with E-state index in [-0.39, 0.29) is 50.1 Å². The van der Waals surface area contributed by atoms with Gasteiger partial charge < -0.3 is 4.90 Å². The highest BCUT2D eigenvalue weighted by molar-refractivity contribution is 7.89. The van der Waals surface area contributed by atoms with E-state index in [1.807, 2.05) is 0 Å². The van der Waals surface area contributed by atoms with Gasteiger partial charge in [0.2, 0.25) is 10.0 Å². The highest BCUT2D eigenvalue weighted by atomic mass is 32.2. The first-order valence-corrected chi connectivity index (χ1v) is 10.6. The molecule has 0 bridgehead atoms. The molecule has 1 aromatic heterocycles. The van der Waals surface area contributed by atoms with Crippen molar-refractivity contribution in [2.24, 2.45) is 7.05 Å². The zero-order valence-electron chi connectivity index (χ0n) is 16.8. The molecule has 0 aliphatic carbocycles. The van der Waals surface area contributed by atoms with E-state index >= 15 is 0 Å². The van der Waals surface area contributed by atoms with Crippen LogP contribution in [0.4, 0.5) is 26.3 Å². The monoisotopic (exact) mass is 484 g/mol. The fourth-order valence-electron chi connectivity index (χ4n) is 3.33. The van der Waals surface area contributed by atoms with Crippen LogP contribution in [0.15, 0.2) is 29.2 Å². The second-order valence-corrected chi connectivity index (χ2v) is 9.17. The van der Waals surface area contributed by atoms with Gasteiger partial charge in [0.1, 0.15) is 5.69 Å². The molecule has 0 spiro atoms. The van der Waals surface area contributed by atoms with E-state index in [4.69, 9.17) is 0 Å². The lowest BCUT2D eigenvalue weighted by Gasteiger charge is -2.34. The molecule has 2 aromatic rings. The summed E-state index contributed by atoms with van der Waals surface area (Å²) in [6.45, 7) is 0.928. The fraction of sp³-hybridized carbons (Fsp3) is 0.444. The highest BCUT2D eigenvalue weighted by Crippen LogP contribution is 2.37. The zero-order chi connectivity index (χ0) is 24.1.